The number of furan rings is 1. The number of carboxylic acid groups (broad SMARTS) is 1. The minimum Gasteiger partial charge on any atom is -0.479 e. The van der Waals surface area contributed by atoms with Crippen molar-refractivity contribution in [1.82, 2.24) is 4.90 Å². The molecule has 1 aromatic carbocycles. The van der Waals surface area contributed by atoms with Gasteiger partial charge in [-0.1, -0.05) is 56.9 Å². The molecule has 1 aromatic heterocycles. The molecule has 2 aromatic rings. The second-order valence-electron chi connectivity index (χ2n) is 7.86. The van der Waals surface area contributed by atoms with E-state index in [1.165, 1.54) is 19.3 Å². The molecule has 0 spiro atoms. The molecule has 0 unspecified atom stereocenters. The average Bonchev–Trinajstić information content (AvgIpc) is 3.22. The molecule has 1 N–H and O–H groups in total. The Balaban J connectivity index is 1.88. The van der Waals surface area contributed by atoms with Crippen LogP contribution in [0.25, 0.3) is 11.3 Å². The van der Waals surface area contributed by atoms with Crippen molar-refractivity contribution in [2.75, 3.05) is 13.7 Å². The number of rotatable bonds is 14. The van der Waals surface area contributed by atoms with E-state index in [1.54, 1.807) is 11.8 Å². The highest BCUT2D eigenvalue weighted by atomic mass is 16.5. The highest BCUT2D eigenvalue weighted by Gasteiger charge is 2.18. The third kappa shape index (κ3) is 8.21. The van der Waals surface area contributed by atoms with Crippen molar-refractivity contribution < 1.29 is 23.8 Å². The van der Waals surface area contributed by atoms with Crippen molar-refractivity contribution in [3.05, 3.63) is 47.7 Å². The maximum absolute atomic E-state index is 12.3. The second kappa shape index (κ2) is 13.0. The lowest BCUT2D eigenvalue weighted by atomic mass is 10.0. The number of carbonyl (C=O) groups is 2. The van der Waals surface area contributed by atoms with Crippen LogP contribution in [0.3, 0.4) is 0 Å². The van der Waals surface area contributed by atoms with Gasteiger partial charge in [0, 0.05) is 32.1 Å². The summed E-state index contributed by atoms with van der Waals surface area (Å²) in [6, 6.07) is 11.4. The number of benzene rings is 1. The van der Waals surface area contributed by atoms with E-state index in [1.807, 2.05) is 43.4 Å². The highest BCUT2D eigenvalue weighted by molar-refractivity contribution is 5.75. The Morgan fingerprint density at radius 2 is 1.74 bits per heavy atom. The normalized spacial score (nSPS) is 12.0. The van der Waals surface area contributed by atoms with Gasteiger partial charge in [-0.05, 0) is 31.0 Å². The molecule has 1 amide bonds. The molecule has 6 heteroatoms. The van der Waals surface area contributed by atoms with E-state index in [9.17, 15) is 14.7 Å². The van der Waals surface area contributed by atoms with Crippen LogP contribution in [0.2, 0.25) is 0 Å². The molecule has 6 nitrogen and oxygen atoms in total. The fourth-order valence-electron chi connectivity index (χ4n) is 3.45. The molecule has 170 valence electrons. The van der Waals surface area contributed by atoms with Crippen LogP contribution in [0.4, 0.5) is 0 Å². The van der Waals surface area contributed by atoms with Crippen molar-refractivity contribution in [3.8, 4) is 11.3 Å². The van der Waals surface area contributed by atoms with Gasteiger partial charge in [0.2, 0.25) is 5.91 Å². The van der Waals surface area contributed by atoms with Gasteiger partial charge >= 0.3 is 5.97 Å². The standard InChI is InChI=1S/C25H35NO5/c1-4-6-7-8-9-10-24(27)26(3)18-21-15-16-22(31-21)20-13-11-19(12-14-20)17-23(25(28)29)30-5-2/h11-16,23H,4-10,17-18H2,1-3H3,(H,28,29)/t23-/m0/s1. The van der Waals surface area contributed by atoms with E-state index in [2.05, 4.69) is 6.92 Å². The largest absolute Gasteiger partial charge is 0.479 e. The number of hydrogen-bond acceptors (Lipinski definition) is 4. The van der Waals surface area contributed by atoms with E-state index in [0.29, 0.717) is 26.0 Å². The van der Waals surface area contributed by atoms with Crippen molar-refractivity contribution in [2.24, 2.45) is 0 Å². The Morgan fingerprint density at radius 1 is 1.03 bits per heavy atom. The quantitative estimate of drug-likeness (QED) is 0.412. The Bertz CT molecular complexity index is 812. The van der Waals surface area contributed by atoms with Gasteiger partial charge in [-0.2, -0.15) is 0 Å². The summed E-state index contributed by atoms with van der Waals surface area (Å²) in [6.07, 6.45) is 5.71. The number of carbonyl (C=O) groups excluding carboxylic acids is 1. The summed E-state index contributed by atoms with van der Waals surface area (Å²) in [6.45, 7) is 4.77. The van der Waals surface area contributed by atoms with Gasteiger partial charge in [0.05, 0.1) is 6.54 Å². The van der Waals surface area contributed by atoms with Crippen LogP contribution in [0, 0.1) is 0 Å². The molecule has 0 bridgehead atoms. The molecule has 0 fully saturated rings. The Labute approximate surface area is 185 Å². The predicted octanol–water partition coefficient (Wildman–Crippen LogP) is 5.30. The number of amides is 1. The molecule has 0 aliphatic heterocycles. The predicted molar refractivity (Wildman–Crippen MR) is 121 cm³/mol. The lowest BCUT2D eigenvalue weighted by Crippen LogP contribution is -2.26. The van der Waals surface area contributed by atoms with Gasteiger partial charge in [-0.25, -0.2) is 4.79 Å². The first kappa shape index (κ1) is 24.7. The summed E-state index contributed by atoms with van der Waals surface area (Å²) in [7, 11) is 1.81. The van der Waals surface area contributed by atoms with Crippen LogP contribution in [0.5, 0.6) is 0 Å². The Morgan fingerprint density at radius 3 is 2.39 bits per heavy atom. The molecule has 0 radical (unpaired) electrons. The Kier molecular flexibility index (Phi) is 10.3. The summed E-state index contributed by atoms with van der Waals surface area (Å²) < 4.78 is 11.2. The van der Waals surface area contributed by atoms with E-state index in [4.69, 9.17) is 9.15 Å². The summed E-state index contributed by atoms with van der Waals surface area (Å²) in [4.78, 5) is 25.3. The lowest BCUT2D eigenvalue weighted by Gasteiger charge is -2.15. The van der Waals surface area contributed by atoms with Gasteiger partial charge in [-0.3, -0.25) is 4.79 Å². The van der Waals surface area contributed by atoms with Crippen LogP contribution in [0.15, 0.2) is 40.8 Å². The van der Waals surface area contributed by atoms with E-state index >= 15 is 0 Å². The van der Waals surface area contributed by atoms with Gasteiger partial charge < -0.3 is 19.2 Å². The summed E-state index contributed by atoms with van der Waals surface area (Å²) in [5.41, 5.74) is 1.80. The average molecular weight is 430 g/mol. The van der Waals surface area contributed by atoms with Crippen LogP contribution in [-0.4, -0.2) is 41.6 Å². The fraction of sp³-hybridized carbons (Fsp3) is 0.520. The number of unbranched alkanes of at least 4 members (excludes halogenated alkanes) is 4. The first-order valence-corrected chi connectivity index (χ1v) is 11.2. The SMILES string of the molecule is CCCCCCCC(=O)N(C)Cc1ccc(-c2ccc(C[C@H](OCC)C(=O)O)cc2)o1. The minimum absolute atomic E-state index is 0.140. The van der Waals surface area contributed by atoms with Crippen LogP contribution in [0.1, 0.15) is 63.7 Å². The van der Waals surface area contributed by atoms with Gasteiger partial charge in [0.1, 0.15) is 11.5 Å². The fourth-order valence-corrected chi connectivity index (χ4v) is 3.45. The molecule has 2 rings (SSSR count). The molecular weight excluding hydrogens is 394 g/mol. The van der Waals surface area contributed by atoms with Gasteiger partial charge in [0.25, 0.3) is 0 Å². The van der Waals surface area contributed by atoms with E-state index in [-0.39, 0.29) is 5.91 Å². The number of nitrogens with zero attached hydrogens (tertiary/aromatic N) is 1. The van der Waals surface area contributed by atoms with E-state index < -0.39 is 12.1 Å². The van der Waals surface area contributed by atoms with Gasteiger partial charge in [0.15, 0.2) is 6.10 Å². The third-order valence-electron chi connectivity index (χ3n) is 5.28. The zero-order chi connectivity index (χ0) is 22.6. The van der Waals surface area contributed by atoms with Crippen LogP contribution < -0.4 is 0 Å². The molecule has 0 aliphatic carbocycles. The first-order chi connectivity index (χ1) is 14.9. The minimum atomic E-state index is -0.957. The van der Waals surface area contributed by atoms with Crippen LogP contribution >= 0.6 is 0 Å². The smallest absolute Gasteiger partial charge is 0.333 e. The lowest BCUT2D eigenvalue weighted by molar-refractivity contribution is -0.150. The highest BCUT2D eigenvalue weighted by Crippen LogP contribution is 2.24. The maximum atomic E-state index is 12.3. The summed E-state index contributed by atoms with van der Waals surface area (Å²) in [5, 5.41) is 9.23. The number of hydrogen-bond donors (Lipinski definition) is 1. The number of carboxylic acids is 1. The van der Waals surface area contributed by atoms with Gasteiger partial charge in [-0.15, -0.1) is 0 Å². The molecule has 0 saturated heterocycles. The van der Waals surface area contributed by atoms with Crippen molar-refractivity contribution >= 4 is 11.9 Å². The molecular formula is C25H35NO5. The van der Waals surface area contributed by atoms with Crippen LogP contribution in [-0.2, 0) is 27.3 Å². The molecule has 31 heavy (non-hydrogen) atoms. The third-order valence-corrected chi connectivity index (χ3v) is 5.28. The topological polar surface area (TPSA) is 80.0 Å². The molecule has 1 heterocycles. The summed E-state index contributed by atoms with van der Waals surface area (Å²) in [5.74, 6) is 0.645. The molecule has 0 aliphatic rings. The second-order valence-corrected chi connectivity index (χ2v) is 7.86. The maximum Gasteiger partial charge on any atom is 0.333 e. The zero-order valence-electron chi connectivity index (χ0n) is 18.9. The van der Waals surface area contributed by atoms with Crippen molar-refractivity contribution in [2.45, 2.75) is 71.4 Å². The summed E-state index contributed by atoms with van der Waals surface area (Å²) >= 11 is 0. The molecule has 0 saturated carbocycles. The first-order valence-electron chi connectivity index (χ1n) is 11.2. The van der Waals surface area contributed by atoms with E-state index in [0.717, 1.165) is 35.5 Å². The van der Waals surface area contributed by atoms with Crippen molar-refractivity contribution in [1.29, 1.82) is 0 Å². The Hall–Kier alpha value is -2.60. The monoisotopic (exact) mass is 429 g/mol. The van der Waals surface area contributed by atoms with Crippen molar-refractivity contribution in [3.63, 3.8) is 0 Å². The number of ether oxygens (including phenoxy) is 1. The number of aliphatic carboxylic acids is 1. The molecule has 1 atom stereocenters. The zero-order valence-corrected chi connectivity index (χ0v) is 18.9.